The molecule has 0 fully saturated rings. The lowest BCUT2D eigenvalue weighted by Crippen LogP contribution is -1.90. The average Bonchev–Trinajstić information content (AvgIpc) is 3.20. The monoisotopic (exact) mass is 385 g/mol. The van der Waals surface area contributed by atoms with Gasteiger partial charge in [-0.15, -0.1) is 0 Å². The van der Waals surface area contributed by atoms with Gasteiger partial charge in [-0.3, -0.25) is 0 Å². The molecule has 0 bridgehead atoms. The summed E-state index contributed by atoms with van der Waals surface area (Å²) >= 11 is 0. The topological polar surface area (TPSA) is 25.2 Å². The van der Waals surface area contributed by atoms with Crippen LogP contribution in [0.25, 0.3) is 43.8 Å². The molecular formula is C28H19NO. The Kier molecular flexibility index (Phi) is 3.82. The van der Waals surface area contributed by atoms with E-state index in [0.717, 1.165) is 27.9 Å². The van der Waals surface area contributed by atoms with Crippen LogP contribution < -0.4 is 5.32 Å². The zero-order valence-corrected chi connectivity index (χ0v) is 16.3. The van der Waals surface area contributed by atoms with Crippen molar-refractivity contribution in [2.24, 2.45) is 0 Å². The average molecular weight is 385 g/mol. The van der Waals surface area contributed by atoms with Crippen LogP contribution in [-0.2, 0) is 0 Å². The minimum Gasteiger partial charge on any atom is -0.454 e. The van der Waals surface area contributed by atoms with E-state index in [9.17, 15) is 0 Å². The van der Waals surface area contributed by atoms with E-state index in [1.54, 1.807) is 0 Å². The van der Waals surface area contributed by atoms with Crippen molar-refractivity contribution in [3.63, 3.8) is 0 Å². The predicted molar refractivity (Wildman–Crippen MR) is 126 cm³/mol. The van der Waals surface area contributed by atoms with Gasteiger partial charge in [0.05, 0.1) is 5.69 Å². The van der Waals surface area contributed by atoms with E-state index in [0.29, 0.717) is 0 Å². The van der Waals surface area contributed by atoms with Crippen LogP contribution in [0.2, 0.25) is 0 Å². The standard InChI is InChI=1S/C28H19NO/c1-2-7-19(8-3-1)20-13-16-22(17-14-20)29-25-12-6-11-24-27-23-10-5-4-9-21(23)15-18-26(27)30-28(24)25/h1-18,29H. The molecule has 0 unspecified atom stereocenters. The summed E-state index contributed by atoms with van der Waals surface area (Å²) in [5, 5.41) is 8.29. The molecule has 142 valence electrons. The molecule has 0 aliphatic heterocycles. The van der Waals surface area contributed by atoms with Gasteiger partial charge in [-0.05, 0) is 46.2 Å². The molecule has 1 heterocycles. The number of fused-ring (bicyclic) bond motifs is 5. The van der Waals surface area contributed by atoms with Gasteiger partial charge >= 0.3 is 0 Å². The second kappa shape index (κ2) is 6.78. The van der Waals surface area contributed by atoms with E-state index < -0.39 is 0 Å². The molecule has 30 heavy (non-hydrogen) atoms. The molecule has 6 rings (SSSR count). The third-order valence-electron chi connectivity index (χ3n) is 5.66. The first-order chi connectivity index (χ1) is 14.9. The summed E-state index contributed by atoms with van der Waals surface area (Å²) < 4.78 is 6.29. The van der Waals surface area contributed by atoms with Crippen LogP contribution in [0, 0.1) is 0 Å². The number of para-hydroxylation sites is 1. The molecule has 6 aromatic rings. The van der Waals surface area contributed by atoms with Gasteiger partial charge in [-0.1, -0.05) is 84.9 Å². The van der Waals surface area contributed by atoms with Gasteiger partial charge in [0.15, 0.2) is 5.58 Å². The van der Waals surface area contributed by atoms with Crippen LogP contribution in [0.3, 0.4) is 0 Å². The Morgan fingerprint density at radius 1 is 0.533 bits per heavy atom. The molecule has 0 spiro atoms. The summed E-state index contributed by atoms with van der Waals surface area (Å²) in [6.45, 7) is 0. The van der Waals surface area contributed by atoms with Crippen molar-refractivity contribution in [2.45, 2.75) is 0 Å². The summed E-state index contributed by atoms with van der Waals surface area (Å²) in [6.07, 6.45) is 0. The fourth-order valence-corrected chi connectivity index (χ4v) is 4.20. The largest absolute Gasteiger partial charge is 0.454 e. The quantitative estimate of drug-likeness (QED) is 0.332. The van der Waals surface area contributed by atoms with Crippen molar-refractivity contribution in [1.29, 1.82) is 0 Å². The van der Waals surface area contributed by atoms with Gasteiger partial charge in [0.25, 0.3) is 0 Å². The lowest BCUT2D eigenvalue weighted by atomic mass is 10.0. The molecule has 5 aromatic carbocycles. The highest BCUT2D eigenvalue weighted by Crippen LogP contribution is 2.38. The first-order valence-electron chi connectivity index (χ1n) is 10.1. The first-order valence-corrected chi connectivity index (χ1v) is 10.1. The van der Waals surface area contributed by atoms with Crippen molar-refractivity contribution in [1.82, 2.24) is 0 Å². The number of anilines is 2. The molecule has 2 heteroatoms. The smallest absolute Gasteiger partial charge is 0.158 e. The first kappa shape index (κ1) is 16.9. The van der Waals surface area contributed by atoms with Crippen LogP contribution in [0.4, 0.5) is 11.4 Å². The molecule has 0 amide bonds. The van der Waals surface area contributed by atoms with Gasteiger partial charge < -0.3 is 9.73 Å². The second-order valence-corrected chi connectivity index (χ2v) is 7.51. The number of furan rings is 1. The maximum absolute atomic E-state index is 6.29. The lowest BCUT2D eigenvalue weighted by molar-refractivity contribution is 0.670. The lowest BCUT2D eigenvalue weighted by Gasteiger charge is -2.08. The van der Waals surface area contributed by atoms with Gasteiger partial charge in [0.2, 0.25) is 0 Å². The van der Waals surface area contributed by atoms with E-state index in [1.807, 2.05) is 6.07 Å². The maximum Gasteiger partial charge on any atom is 0.158 e. The highest BCUT2D eigenvalue weighted by atomic mass is 16.3. The van der Waals surface area contributed by atoms with Crippen LogP contribution in [0.1, 0.15) is 0 Å². The van der Waals surface area contributed by atoms with Crippen molar-refractivity contribution in [3.8, 4) is 11.1 Å². The Hall–Kier alpha value is -4.04. The van der Waals surface area contributed by atoms with E-state index >= 15 is 0 Å². The van der Waals surface area contributed by atoms with Gasteiger partial charge in [-0.25, -0.2) is 0 Å². The van der Waals surface area contributed by atoms with E-state index in [4.69, 9.17) is 4.42 Å². The molecule has 0 atom stereocenters. The molecule has 1 aromatic heterocycles. The molecule has 0 saturated carbocycles. The van der Waals surface area contributed by atoms with Crippen molar-refractivity contribution in [3.05, 3.63) is 109 Å². The maximum atomic E-state index is 6.29. The Labute approximate surface area is 174 Å². The van der Waals surface area contributed by atoms with Crippen molar-refractivity contribution in [2.75, 3.05) is 5.32 Å². The molecule has 0 aliphatic carbocycles. The number of hydrogen-bond acceptors (Lipinski definition) is 2. The Morgan fingerprint density at radius 2 is 1.27 bits per heavy atom. The zero-order chi connectivity index (χ0) is 19.9. The van der Waals surface area contributed by atoms with Crippen molar-refractivity contribution < 1.29 is 4.42 Å². The highest BCUT2D eigenvalue weighted by Gasteiger charge is 2.13. The number of rotatable bonds is 3. The molecule has 2 nitrogen and oxygen atoms in total. The molecular weight excluding hydrogens is 366 g/mol. The second-order valence-electron chi connectivity index (χ2n) is 7.51. The van der Waals surface area contributed by atoms with Crippen LogP contribution in [0.5, 0.6) is 0 Å². The normalized spacial score (nSPS) is 11.3. The molecule has 0 aliphatic rings. The summed E-state index contributed by atoms with van der Waals surface area (Å²) in [5.74, 6) is 0. The summed E-state index contributed by atoms with van der Waals surface area (Å²) in [7, 11) is 0. The van der Waals surface area contributed by atoms with Crippen LogP contribution in [-0.4, -0.2) is 0 Å². The minimum atomic E-state index is 0.885. The van der Waals surface area contributed by atoms with E-state index in [2.05, 4.69) is 108 Å². The summed E-state index contributed by atoms with van der Waals surface area (Å²) in [4.78, 5) is 0. The Balaban J connectivity index is 1.43. The van der Waals surface area contributed by atoms with E-state index in [-0.39, 0.29) is 0 Å². The van der Waals surface area contributed by atoms with Gasteiger partial charge in [0, 0.05) is 16.5 Å². The predicted octanol–water partition coefficient (Wildman–Crippen LogP) is 8.15. The fraction of sp³-hybridized carbons (Fsp3) is 0. The zero-order valence-electron chi connectivity index (χ0n) is 16.3. The number of benzene rings is 5. The summed E-state index contributed by atoms with van der Waals surface area (Å²) in [5.41, 5.74) is 6.23. The third kappa shape index (κ3) is 2.73. The third-order valence-corrected chi connectivity index (χ3v) is 5.66. The van der Waals surface area contributed by atoms with Crippen LogP contribution >= 0.6 is 0 Å². The van der Waals surface area contributed by atoms with Crippen LogP contribution in [0.15, 0.2) is 114 Å². The van der Waals surface area contributed by atoms with Gasteiger partial charge in [0.1, 0.15) is 5.58 Å². The molecule has 1 N–H and O–H groups in total. The number of nitrogens with one attached hydrogen (secondary N) is 1. The summed E-state index contributed by atoms with van der Waals surface area (Å²) in [6, 6.07) is 37.9. The van der Waals surface area contributed by atoms with E-state index in [1.165, 1.54) is 27.3 Å². The highest BCUT2D eigenvalue weighted by molar-refractivity contribution is 6.20. The Bertz CT molecular complexity index is 1490. The minimum absolute atomic E-state index is 0.885. The van der Waals surface area contributed by atoms with Gasteiger partial charge in [-0.2, -0.15) is 0 Å². The molecule has 0 saturated heterocycles. The SMILES string of the molecule is c1ccc(-c2ccc(Nc3cccc4c3oc3ccc5ccccc5c34)cc2)cc1. The fourth-order valence-electron chi connectivity index (χ4n) is 4.20. The number of hydrogen-bond donors (Lipinski definition) is 1. The van der Waals surface area contributed by atoms with Crippen molar-refractivity contribution >= 4 is 44.1 Å². The molecule has 0 radical (unpaired) electrons. The Morgan fingerprint density at radius 3 is 2.13 bits per heavy atom.